The van der Waals surface area contributed by atoms with Crippen LogP contribution in [0.25, 0.3) is 6.08 Å². The normalized spacial score (nSPS) is 8.12. The van der Waals surface area contributed by atoms with E-state index in [0.29, 0.717) is 0 Å². The van der Waals surface area contributed by atoms with Gasteiger partial charge in [-0.15, -0.1) is 0 Å². The summed E-state index contributed by atoms with van der Waals surface area (Å²) in [7, 11) is 0. The van der Waals surface area contributed by atoms with Gasteiger partial charge in [-0.25, -0.2) is 0 Å². The lowest BCUT2D eigenvalue weighted by molar-refractivity contribution is 0.886. The van der Waals surface area contributed by atoms with E-state index in [1.54, 1.807) is 0 Å². The molecule has 0 spiro atoms. The SMILES string of the molecule is C.C.C/C=C/c1ccc(Nc2ccccc2)cc1.CC.CC.CCCC. The van der Waals surface area contributed by atoms with Crippen LogP contribution >= 0.6 is 0 Å². The molecular formula is C25H45N. The predicted octanol–water partition coefficient (Wildman–Crippen LogP) is 9.59. The number of benzene rings is 2. The summed E-state index contributed by atoms with van der Waals surface area (Å²) in [6.07, 6.45) is 6.77. The molecule has 0 amide bonds. The Bertz CT molecular complexity index is 481. The third-order valence-electron chi connectivity index (χ3n) is 2.83. The van der Waals surface area contributed by atoms with E-state index >= 15 is 0 Å². The molecule has 26 heavy (non-hydrogen) atoms. The molecule has 0 saturated heterocycles. The molecule has 0 atom stereocenters. The van der Waals surface area contributed by atoms with Gasteiger partial charge in [0.2, 0.25) is 0 Å². The standard InChI is InChI=1S/C15H15N.C4H10.2C2H6.2CH4/c1-2-6-13-9-11-15(12-10-13)16-14-7-4-3-5-8-14;1-3-4-2;2*1-2;;/h2-12,16H,1H3;3-4H2,1-2H3;2*1-2H3;2*1H4/b6-2+;;;;;. The van der Waals surface area contributed by atoms with Gasteiger partial charge >= 0.3 is 0 Å². The Morgan fingerprint density at radius 2 is 1.12 bits per heavy atom. The molecule has 1 N–H and O–H groups in total. The molecular weight excluding hydrogens is 314 g/mol. The monoisotopic (exact) mass is 359 g/mol. The maximum atomic E-state index is 3.35. The third kappa shape index (κ3) is 16.8. The van der Waals surface area contributed by atoms with Crippen molar-refractivity contribution in [3.05, 3.63) is 66.2 Å². The van der Waals surface area contributed by atoms with Crippen LogP contribution in [0.4, 0.5) is 11.4 Å². The zero-order valence-electron chi connectivity index (χ0n) is 16.8. The van der Waals surface area contributed by atoms with E-state index in [2.05, 4.69) is 61.6 Å². The number of nitrogens with one attached hydrogen (secondary N) is 1. The minimum Gasteiger partial charge on any atom is -0.356 e. The van der Waals surface area contributed by atoms with Crippen molar-refractivity contribution in [3.63, 3.8) is 0 Å². The second-order valence-electron chi connectivity index (χ2n) is 4.61. The van der Waals surface area contributed by atoms with E-state index < -0.39 is 0 Å². The van der Waals surface area contributed by atoms with Crippen LogP contribution in [-0.4, -0.2) is 0 Å². The van der Waals surface area contributed by atoms with Crippen LogP contribution in [0.3, 0.4) is 0 Å². The molecule has 150 valence electrons. The van der Waals surface area contributed by atoms with Gasteiger partial charge in [0.25, 0.3) is 0 Å². The first-order valence-electron chi connectivity index (χ1n) is 9.35. The van der Waals surface area contributed by atoms with Crippen LogP contribution < -0.4 is 5.32 Å². The highest BCUT2D eigenvalue weighted by molar-refractivity contribution is 5.62. The van der Waals surface area contributed by atoms with Crippen LogP contribution in [0.15, 0.2) is 60.7 Å². The highest BCUT2D eigenvalue weighted by Gasteiger charge is 1.92. The lowest BCUT2D eigenvalue weighted by Gasteiger charge is -2.06. The molecule has 2 rings (SSSR count). The summed E-state index contributed by atoms with van der Waals surface area (Å²) in [5.41, 5.74) is 3.45. The Morgan fingerprint density at radius 3 is 1.50 bits per heavy atom. The number of hydrogen-bond donors (Lipinski definition) is 1. The Balaban J connectivity index is -0.000000211. The Hall–Kier alpha value is -2.02. The van der Waals surface area contributed by atoms with Crippen LogP contribution in [0.1, 0.15) is 81.7 Å². The highest BCUT2D eigenvalue weighted by Crippen LogP contribution is 2.16. The number of para-hydroxylation sites is 1. The van der Waals surface area contributed by atoms with Crippen LogP contribution in [0.2, 0.25) is 0 Å². The highest BCUT2D eigenvalue weighted by atomic mass is 14.9. The first-order valence-corrected chi connectivity index (χ1v) is 9.35. The molecule has 0 aliphatic heterocycles. The number of hydrogen-bond acceptors (Lipinski definition) is 1. The van der Waals surface area contributed by atoms with Gasteiger partial charge in [0.1, 0.15) is 0 Å². The molecule has 2 aromatic rings. The summed E-state index contributed by atoms with van der Waals surface area (Å²) in [5.74, 6) is 0. The van der Waals surface area contributed by atoms with Gasteiger partial charge in [0.05, 0.1) is 0 Å². The predicted molar refractivity (Wildman–Crippen MR) is 128 cm³/mol. The van der Waals surface area contributed by atoms with E-state index in [1.807, 2.05) is 58.9 Å². The molecule has 2 aromatic carbocycles. The van der Waals surface area contributed by atoms with Crippen molar-refractivity contribution in [1.82, 2.24) is 0 Å². The number of rotatable bonds is 4. The average Bonchev–Trinajstić information content (AvgIpc) is 2.68. The van der Waals surface area contributed by atoms with E-state index in [-0.39, 0.29) is 14.9 Å². The van der Waals surface area contributed by atoms with Crippen LogP contribution in [0.5, 0.6) is 0 Å². The van der Waals surface area contributed by atoms with Gasteiger partial charge in [-0.2, -0.15) is 0 Å². The largest absolute Gasteiger partial charge is 0.356 e. The van der Waals surface area contributed by atoms with Crippen LogP contribution in [0, 0.1) is 0 Å². The minimum absolute atomic E-state index is 0. The number of unbranched alkanes of at least 4 members (excludes halogenated alkanes) is 1. The molecule has 0 saturated carbocycles. The smallest absolute Gasteiger partial charge is 0.0384 e. The average molecular weight is 360 g/mol. The fourth-order valence-corrected chi connectivity index (χ4v) is 1.56. The zero-order chi connectivity index (χ0) is 18.6. The van der Waals surface area contributed by atoms with Gasteiger partial charge < -0.3 is 5.32 Å². The van der Waals surface area contributed by atoms with Crippen molar-refractivity contribution < 1.29 is 0 Å². The summed E-state index contributed by atoms with van der Waals surface area (Å²) >= 11 is 0. The van der Waals surface area contributed by atoms with Gasteiger partial charge in [0.15, 0.2) is 0 Å². The fraction of sp³-hybridized carbons (Fsp3) is 0.440. The summed E-state index contributed by atoms with van der Waals surface area (Å²) < 4.78 is 0. The molecule has 1 nitrogen and oxygen atoms in total. The van der Waals surface area contributed by atoms with Crippen molar-refractivity contribution in [2.75, 3.05) is 5.32 Å². The molecule has 0 aromatic heterocycles. The molecule has 0 radical (unpaired) electrons. The molecule has 1 heteroatoms. The Morgan fingerprint density at radius 1 is 0.692 bits per heavy atom. The zero-order valence-corrected chi connectivity index (χ0v) is 16.8. The van der Waals surface area contributed by atoms with E-state index in [0.717, 1.165) is 11.4 Å². The Labute approximate surface area is 165 Å². The first-order chi connectivity index (χ1) is 11.8. The van der Waals surface area contributed by atoms with Crippen molar-refractivity contribution in [2.24, 2.45) is 0 Å². The summed E-state index contributed by atoms with van der Waals surface area (Å²) in [6, 6.07) is 18.5. The first kappa shape index (κ1) is 31.7. The van der Waals surface area contributed by atoms with Gasteiger partial charge in [-0.3, -0.25) is 0 Å². The van der Waals surface area contributed by atoms with E-state index in [1.165, 1.54) is 18.4 Å². The fourth-order valence-electron chi connectivity index (χ4n) is 1.56. The molecule has 0 heterocycles. The maximum Gasteiger partial charge on any atom is 0.0384 e. The van der Waals surface area contributed by atoms with Gasteiger partial charge in [0, 0.05) is 11.4 Å². The molecule has 0 aliphatic carbocycles. The molecule has 0 fully saturated rings. The van der Waals surface area contributed by atoms with Crippen molar-refractivity contribution in [1.29, 1.82) is 0 Å². The van der Waals surface area contributed by atoms with E-state index in [4.69, 9.17) is 0 Å². The van der Waals surface area contributed by atoms with Gasteiger partial charge in [-0.1, -0.05) is 112 Å². The number of anilines is 2. The minimum atomic E-state index is 0. The van der Waals surface area contributed by atoms with Crippen molar-refractivity contribution in [2.45, 2.75) is 76.2 Å². The van der Waals surface area contributed by atoms with Crippen LogP contribution in [-0.2, 0) is 0 Å². The van der Waals surface area contributed by atoms with Crippen molar-refractivity contribution >= 4 is 17.5 Å². The number of allylic oxidation sites excluding steroid dienone is 1. The quantitative estimate of drug-likeness (QED) is 0.573. The molecule has 0 aliphatic rings. The van der Waals surface area contributed by atoms with E-state index in [9.17, 15) is 0 Å². The van der Waals surface area contributed by atoms with Gasteiger partial charge in [-0.05, 0) is 36.8 Å². The molecule has 0 unspecified atom stereocenters. The molecule has 0 bridgehead atoms. The lowest BCUT2D eigenvalue weighted by atomic mass is 10.2. The summed E-state index contributed by atoms with van der Waals surface area (Å²) in [6.45, 7) is 14.4. The lowest BCUT2D eigenvalue weighted by Crippen LogP contribution is -1.88. The topological polar surface area (TPSA) is 12.0 Å². The third-order valence-corrected chi connectivity index (χ3v) is 2.83. The second kappa shape index (κ2) is 25.2. The maximum absolute atomic E-state index is 3.35. The summed E-state index contributed by atoms with van der Waals surface area (Å²) in [5, 5.41) is 3.35. The summed E-state index contributed by atoms with van der Waals surface area (Å²) in [4.78, 5) is 0. The Kier molecular flexibility index (Phi) is 30.8. The second-order valence-corrected chi connectivity index (χ2v) is 4.61. The van der Waals surface area contributed by atoms with Crippen molar-refractivity contribution in [3.8, 4) is 0 Å².